The van der Waals surface area contributed by atoms with Crippen molar-refractivity contribution in [1.29, 1.82) is 0 Å². The van der Waals surface area contributed by atoms with Crippen LogP contribution in [0.1, 0.15) is 0 Å². The van der Waals surface area contributed by atoms with Gasteiger partial charge >= 0.3 is 0 Å². The topological polar surface area (TPSA) is 24.9 Å². The summed E-state index contributed by atoms with van der Waals surface area (Å²) >= 11 is 0. The Morgan fingerprint density at radius 2 is 2.08 bits per heavy atom. The van der Waals surface area contributed by atoms with Crippen molar-refractivity contribution < 1.29 is 0 Å². The lowest BCUT2D eigenvalue weighted by Crippen LogP contribution is -1.89. The van der Waals surface area contributed by atoms with E-state index in [1.54, 1.807) is 0 Å². The lowest BCUT2D eigenvalue weighted by atomic mass is 10.2. The number of rotatable bonds is 1. The molecule has 0 bridgehead atoms. The fourth-order valence-corrected chi connectivity index (χ4v) is 1.32. The number of anilines is 1. The van der Waals surface area contributed by atoms with Crippen molar-refractivity contribution in [3.8, 4) is 0 Å². The van der Waals surface area contributed by atoms with Crippen LogP contribution in [0, 0.1) is 0 Å². The monoisotopic (exact) mass is 158 g/mol. The smallest absolute Gasteiger partial charge is 0.0722 e. The number of aromatic nitrogens is 1. The summed E-state index contributed by atoms with van der Waals surface area (Å²) in [4.78, 5) is 4.25. The molecule has 2 heteroatoms. The summed E-state index contributed by atoms with van der Waals surface area (Å²) in [5, 5.41) is 4.30. The Hall–Kier alpha value is -1.57. The largest absolute Gasteiger partial charge is 0.388 e. The maximum Gasteiger partial charge on any atom is 0.0722 e. The van der Waals surface area contributed by atoms with Crippen LogP contribution < -0.4 is 5.32 Å². The van der Waals surface area contributed by atoms with Gasteiger partial charge in [-0.15, -0.1) is 0 Å². The fraction of sp³-hybridized carbons (Fsp3) is 0.100. The Labute approximate surface area is 71.2 Å². The molecule has 0 aliphatic heterocycles. The van der Waals surface area contributed by atoms with Crippen LogP contribution in [0.5, 0.6) is 0 Å². The molecule has 0 saturated heterocycles. The SMILES string of the molecule is CNc1cccc2ncccc12. The number of nitrogens with zero attached hydrogens (tertiary/aromatic N) is 1. The zero-order valence-corrected chi connectivity index (χ0v) is 6.91. The second-order valence-corrected chi connectivity index (χ2v) is 2.63. The minimum absolute atomic E-state index is 1.03. The van der Waals surface area contributed by atoms with E-state index in [4.69, 9.17) is 0 Å². The molecule has 0 radical (unpaired) electrons. The quantitative estimate of drug-likeness (QED) is 0.688. The van der Waals surface area contributed by atoms with Crippen LogP contribution in [-0.2, 0) is 0 Å². The third-order valence-corrected chi connectivity index (χ3v) is 1.92. The molecule has 1 N–H and O–H groups in total. The molecule has 1 heterocycles. The van der Waals surface area contributed by atoms with E-state index in [-0.39, 0.29) is 0 Å². The molecule has 2 rings (SSSR count). The van der Waals surface area contributed by atoms with E-state index >= 15 is 0 Å². The average molecular weight is 158 g/mol. The van der Waals surface area contributed by atoms with Crippen molar-refractivity contribution >= 4 is 16.6 Å². The van der Waals surface area contributed by atoms with E-state index in [2.05, 4.69) is 16.4 Å². The number of hydrogen-bond donors (Lipinski definition) is 1. The highest BCUT2D eigenvalue weighted by Crippen LogP contribution is 2.19. The van der Waals surface area contributed by atoms with Crippen LogP contribution >= 0.6 is 0 Å². The molecular weight excluding hydrogens is 148 g/mol. The first kappa shape index (κ1) is 7.10. The van der Waals surface area contributed by atoms with E-state index in [0.29, 0.717) is 0 Å². The van der Waals surface area contributed by atoms with Gasteiger partial charge in [-0.2, -0.15) is 0 Å². The average Bonchev–Trinajstić information content (AvgIpc) is 2.17. The first-order valence-electron chi connectivity index (χ1n) is 3.93. The standard InChI is InChI=1S/C10H10N2/c1-11-9-5-2-6-10-8(9)4-3-7-12-10/h2-7,11H,1H3. The van der Waals surface area contributed by atoms with Gasteiger partial charge in [0, 0.05) is 24.3 Å². The summed E-state index contributed by atoms with van der Waals surface area (Å²) in [6.45, 7) is 0. The van der Waals surface area contributed by atoms with Gasteiger partial charge in [0.15, 0.2) is 0 Å². The second-order valence-electron chi connectivity index (χ2n) is 2.63. The van der Waals surface area contributed by atoms with Gasteiger partial charge in [-0.25, -0.2) is 0 Å². The van der Waals surface area contributed by atoms with Crippen LogP contribution in [0.2, 0.25) is 0 Å². The summed E-state index contributed by atoms with van der Waals surface area (Å²) in [5.41, 5.74) is 2.16. The zero-order valence-electron chi connectivity index (χ0n) is 6.91. The molecule has 0 aliphatic rings. The van der Waals surface area contributed by atoms with Gasteiger partial charge in [0.25, 0.3) is 0 Å². The predicted octanol–water partition coefficient (Wildman–Crippen LogP) is 2.28. The normalized spacial score (nSPS) is 10.1. The molecule has 0 saturated carbocycles. The number of fused-ring (bicyclic) bond motifs is 1. The van der Waals surface area contributed by atoms with E-state index in [1.807, 2.05) is 37.5 Å². The summed E-state index contributed by atoms with van der Waals surface area (Å²) in [7, 11) is 1.92. The molecule has 1 aromatic carbocycles. The molecule has 0 aliphatic carbocycles. The molecule has 1 aromatic heterocycles. The van der Waals surface area contributed by atoms with Crippen molar-refractivity contribution in [2.45, 2.75) is 0 Å². The highest BCUT2D eigenvalue weighted by molar-refractivity contribution is 5.90. The van der Waals surface area contributed by atoms with Gasteiger partial charge in [-0.3, -0.25) is 4.98 Å². The van der Waals surface area contributed by atoms with E-state index in [1.165, 1.54) is 5.39 Å². The third kappa shape index (κ3) is 1.01. The maximum atomic E-state index is 4.25. The van der Waals surface area contributed by atoms with E-state index in [0.717, 1.165) is 11.2 Å². The zero-order chi connectivity index (χ0) is 8.39. The molecule has 0 fully saturated rings. The Balaban J connectivity index is 2.79. The van der Waals surface area contributed by atoms with Crippen molar-refractivity contribution in [2.75, 3.05) is 12.4 Å². The highest BCUT2D eigenvalue weighted by Gasteiger charge is 1.96. The van der Waals surface area contributed by atoms with Crippen LogP contribution in [0.4, 0.5) is 5.69 Å². The molecule has 12 heavy (non-hydrogen) atoms. The first-order chi connectivity index (χ1) is 5.92. The van der Waals surface area contributed by atoms with Crippen LogP contribution in [0.15, 0.2) is 36.5 Å². The lowest BCUT2D eigenvalue weighted by Gasteiger charge is -2.03. The van der Waals surface area contributed by atoms with E-state index in [9.17, 15) is 0 Å². The van der Waals surface area contributed by atoms with Gasteiger partial charge < -0.3 is 5.32 Å². The molecule has 2 nitrogen and oxygen atoms in total. The van der Waals surface area contributed by atoms with Crippen LogP contribution in [0.3, 0.4) is 0 Å². The third-order valence-electron chi connectivity index (χ3n) is 1.92. The molecule has 0 amide bonds. The Morgan fingerprint density at radius 1 is 1.17 bits per heavy atom. The molecule has 0 unspecified atom stereocenters. The second kappa shape index (κ2) is 2.81. The van der Waals surface area contributed by atoms with Gasteiger partial charge in [0.1, 0.15) is 0 Å². The Kier molecular flexibility index (Phi) is 1.67. The molecule has 0 spiro atoms. The fourth-order valence-electron chi connectivity index (χ4n) is 1.32. The molecule has 60 valence electrons. The van der Waals surface area contributed by atoms with Crippen molar-refractivity contribution in [3.63, 3.8) is 0 Å². The van der Waals surface area contributed by atoms with Crippen LogP contribution in [-0.4, -0.2) is 12.0 Å². The summed E-state index contributed by atoms with van der Waals surface area (Å²) < 4.78 is 0. The first-order valence-corrected chi connectivity index (χ1v) is 3.93. The molecule has 0 atom stereocenters. The minimum Gasteiger partial charge on any atom is -0.388 e. The minimum atomic E-state index is 1.03. The van der Waals surface area contributed by atoms with Gasteiger partial charge in [0.05, 0.1) is 5.52 Å². The van der Waals surface area contributed by atoms with Gasteiger partial charge in [-0.1, -0.05) is 6.07 Å². The van der Waals surface area contributed by atoms with Crippen LogP contribution in [0.25, 0.3) is 10.9 Å². The van der Waals surface area contributed by atoms with Crippen molar-refractivity contribution in [1.82, 2.24) is 4.98 Å². The van der Waals surface area contributed by atoms with Gasteiger partial charge in [0.2, 0.25) is 0 Å². The summed E-state index contributed by atoms with van der Waals surface area (Å²) in [6, 6.07) is 10.1. The number of nitrogens with one attached hydrogen (secondary N) is 1. The number of hydrogen-bond acceptors (Lipinski definition) is 2. The van der Waals surface area contributed by atoms with Crippen molar-refractivity contribution in [3.05, 3.63) is 36.5 Å². The van der Waals surface area contributed by atoms with Crippen molar-refractivity contribution in [2.24, 2.45) is 0 Å². The Bertz CT molecular complexity index is 390. The molecule has 2 aromatic rings. The Morgan fingerprint density at radius 3 is 2.92 bits per heavy atom. The lowest BCUT2D eigenvalue weighted by molar-refractivity contribution is 1.41. The maximum absolute atomic E-state index is 4.25. The number of pyridine rings is 1. The number of benzene rings is 1. The van der Waals surface area contributed by atoms with E-state index < -0.39 is 0 Å². The summed E-state index contributed by atoms with van der Waals surface area (Å²) in [6.07, 6.45) is 1.81. The molecular formula is C10H10N2. The summed E-state index contributed by atoms with van der Waals surface area (Å²) in [5.74, 6) is 0. The predicted molar refractivity (Wildman–Crippen MR) is 51.3 cm³/mol. The highest BCUT2D eigenvalue weighted by atomic mass is 14.8. The van der Waals surface area contributed by atoms with Gasteiger partial charge in [-0.05, 0) is 24.3 Å².